The molecule has 2 amide bonds. The molecule has 1 aliphatic rings. The van der Waals surface area contributed by atoms with E-state index in [1.165, 1.54) is 0 Å². The highest BCUT2D eigenvalue weighted by Gasteiger charge is 2.56. The number of hydrogen-bond acceptors (Lipinski definition) is 4. The monoisotopic (exact) mass is 722 g/mol. The molecule has 0 unspecified atom stereocenters. The van der Waals surface area contributed by atoms with Crippen LogP contribution in [0.3, 0.4) is 0 Å². The maximum atomic E-state index is 15.2. The highest BCUT2D eigenvalue weighted by atomic mass is 127. The molecular weight excluding hydrogens is 687 g/mol. The highest BCUT2D eigenvalue weighted by Crippen LogP contribution is 2.51. The van der Waals surface area contributed by atoms with Gasteiger partial charge in [-0.15, -0.1) is 0 Å². The number of rotatable bonds is 10. The van der Waals surface area contributed by atoms with Crippen LogP contribution >= 0.6 is 22.6 Å². The Morgan fingerprint density at radius 1 is 0.826 bits per heavy atom. The van der Waals surface area contributed by atoms with Crippen molar-refractivity contribution < 1.29 is 19.4 Å². The molecule has 0 bridgehead atoms. The summed E-state index contributed by atoms with van der Waals surface area (Å²) in [6.07, 6.45) is 0.353. The number of ether oxygens (including phenoxy) is 1. The van der Waals surface area contributed by atoms with Gasteiger partial charge in [0.05, 0.1) is 26.3 Å². The SMILES string of the molecule is COc1ccccc1CN1C(=O)c2ccccc2[C@](Cc2ccccc2I)(C(=O)NCc2ccccc2)[C@@H]1c1ccc(CO)cc1. The van der Waals surface area contributed by atoms with Gasteiger partial charge in [0.15, 0.2) is 0 Å². The number of fused-ring (bicyclic) bond motifs is 1. The van der Waals surface area contributed by atoms with Crippen LogP contribution in [0.1, 0.15) is 49.8 Å². The number of carbonyl (C=O) groups is 2. The van der Waals surface area contributed by atoms with Crippen LogP contribution in [0.4, 0.5) is 0 Å². The molecular formula is C39H35IN2O4. The number of aliphatic hydroxyl groups excluding tert-OH is 1. The average Bonchev–Trinajstić information content (AvgIpc) is 3.11. The lowest BCUT2D eigenvalue weighted by atomic mass is 9.63. The van der Waals surface area contributed by atoms with Gasteiger partial charge >= 0.3 is 0 Å². The molecule has 6 nitrogen and oxygen atoms in total. The van der Waals surface area contributed by atoms with Gasteiger partial charge in [-0.25, -0.2) is 0 Å². The van der Waals surface area contributed by atoms with Crippen LogP contribution in [-0.4, -0.2) is 28.9 Å². The van der Waals surface area contributed by atoms with Crippen molar-refractivity contribution in [3.05, 3.63) is 170 Å². The molecule has 1 heterocycles. The molecule has 0 aliphatic carbocycles. The third kappa shape index (κ3) is 6.04. The molecule has 5 aromatic rings. The number of nitrogens with zero attached hydrogens (tertiary/aromatic N) is 1. The average molecular weight is 723 g/mol. The number of methoxy groups -OCH3 is 1. The summed E-state index contributed by atoms with van der Waals surface area (Å²) in [6.45, 7) is 0.456. The zero-order valence-corrected chi connectivity index (χ0v) is 27.7. The van der Waals surface area contributed by atoms with E-state index in [4.69, 9.17) is 4.74 Å². The summed E-state index contributed by atoms with van der Waals surface area (Å²) in [6, 6.07) is 40.0. The largest absolute Gasteiger partial charge is 0.496 e. The van der Waals surface area contributed by atoms with E-state index < -0.39 is 11.5 Å². The summed E-state index contributed by atoms with van der Waals surface area (Å²) < 4.78 is 6.75. The third-order valence-corrected chi connectivity index (χ3v) is 9.87. The first-order valence-electron chi connectivity index (χ1n) is 15.2. The van der Waals surface area contributed by atoms with Gasteiger partial charge in [0.2, 0.25) is 5.91 Å². The minimum Gasteiger partial charge on any atom is -0.496 e. The Balaban J connectivity index is 1.61. The fourth-order valence-corrected chi connectivity index (χ4v) is 7.17. The second-order valence-corrected chi connectivity index (χ2v) is 12.7. The standard InChI is InChI=1S/C39H35IN2O4/c1-46-35-18-10-6-14-31(35)25-42-36(29-21-19-28(26-43)20-22-29)39(23-30-13-5-9-17-34(30)40,33-16-8-7-15-32(33)37(42)44)38(45)41-24-27-11-3-2-4-12-27/h2-22,36,43H,23-26H2,1H3,(H,41,45)/t36-,39-/m0/s1. The van der Waals surface area contributed by atoms with Crippen LogP contribution in [0.15, 0.2) is 127 Å². The number of aliphatic hydroxyl groups is 1. The zero-order chi connectivity index (χ0) is 32.1. The van der Waals surface area contributed by atoms with Crippen molar-refractivity contribution in [2.24, 2.45) is 0 Å². The number of benzene rings is 5. The lowest BCUT2D eigenvalue weighted by Gasteiger charge is -2.50. The number of hydrogen-bond donors (Lipinski definition) is 2. The minimum absolute atomic E-state index is 0.109. The fourth-order valence-electron chi connectivity index (χ4n) is 6.59. The summed E-state index contributed by atoms with van der Waals surface area (Å²) in [7, 11) is 1.62. The molecule has 0 spiro atoms. The quantitative estimate of drug-likeness (QED) is 0.153. The van der Waals surface area contributed by atoms with Crippen molar-refractivity contribution in [1.82, 2.24) is 10.2 Å². The predicted molar refractivity (Wildman–Crippen MR) is 187 cm³/mol. The molecule has 0 saturated carbocycles. The summed E-state index contributed by atoms with van der Waals surface area (Å²) in [5, 5.41) is 13.2. The van der Waals surface area contributed by atoms with Crippen molar-refractivity contribution in [2.75, 3.05) is 7.11 Å². The van der Waals surface area contributed by atoms with Crippen LogP contribution in [0.25, 0.3) is 0 Å². The van der Waals surface area contributed by atoms with Crippen molar-refractivity contribution in [1.29, 1.82) is 0 Å². The Morgan fingerprint density at radius 3 is 2.20 bits per heavy atom. The van der Waals surface area contributed by atoms with Crippen molar-refractivity contribution in [3.63, 3.8) is 0 Å². The summed E-state index contributed by atoms with van der Waals surface area (Å²) >= 11 is 2.33. The second-order valence-electron chi connectivity index (χ2n) is 11.5. The predicted octanol–water partition coefficient (Wildman–Crippen LogP) is 6.99. The minimum atomic E-state index is -1.22. The Bertz CT molecular complexity index is 1840. The number of carbonyl (C=O) groups excluding carboxylic acids is 2. The van der Waals surface area contributed by atoms with E-state index in [0.717, 1.165) is 31.4 Å². The van der Waals surface area contributed by atoms with E-state index in [1.54, 1.807) is 7.11 Å². The molecule has 7 heteroatoms. The van der Waals surface area contributed by atoms with Gasteiger partial charge in [-0.1, -0.05) is 109 Å². The van der Waals surface area contributed by atoms with Crippen molar-refractivity contribution in [2.45, 2.75) is 37.6 Å². The first kappa shape index (κ1) is 31.5. The maximum Gasteiger partial charge on any atom is 0.255 e. The number of nitrogens with one attached hydrogen (secondary N) is 1. The van der Waals surface area contributed by atoms with Gasteiger partial charge in [0.1, 0.15) is 11.2 Å². The van der Waals surface area contributed by atoms with E-state index in [9.17, 15) is 9.90 Å². The fraction of sp³-hybridized carbons (Fsp3) is 0.179. The Morgan fingerprint density at radius 2 is 1.48 bits per heavy atom. The van der Waals surface area contributed by atoms with Gasteiger partial charge in [0.25, 0.3) is 5.91 Å². The topological polar surface area (TPSA) is 78.9 Å². The molecule has 1 aliphatic heterocycles. The molecule has 46 heavy (non-hydrogen) atoms. The molecule has 0 saturated heterocycles. The van der Waals surface area contributed by atoms with Gasteiger partial charge in [-0.3, -0.25) is 9.59 Å². The smallest absolute Gasteiger partial charge is 0.255 e. The highest BCUT2D eigenvalue weighted by molar-refractivity contribution is 14.1. The number of para-hydroxylation sites is 1. The van der Waals surface area contributed by atoms with E-state index in [-0.39, 0.29) is 25.0 Å². The number of halogens is 1. The summed E-state index contributed by atoms with van der Waals surface area (Å²) in [5.41, 5.74) is 4.35. The Hall–Kier alpha value is -4.47. The van der Waals surface area contributed by atoms with Crippen LogP contribution in [-0.2, 0) is 36.3 Å². The summed E-state index contributed by atoms with van der Waals surface area (Å²) in [5.74, 6) is 0.337. The van der Waals surface area contributed by atoms with Gasteiger partial charge in [-0.2, -0.15) is 0 Å². The van der Waals surface area contributed by atoms with Gasteiger partial charge < -0.3 is 20.1 Å². The Labute approximate surface area is 283 Å². The molecule has 0 aromatic heterocycles. The molecule has 0 fully saturated rings. The van der Waals surface area contributed by atoms with Crippen LogP contribution < -0.4 is 10.1 Å². The van der Waals surface area contributed by atoms with Gasteiger partial charge in [0, 0.05) is 21.2 Å². The van der Waals surface area contributed by atoms with E-state index in [0.29, 0.717) is 29.8 Å². The molecule has 2 atom stereocenters. The first-order valence-corrected chi connectivity index (χ1v) is 16.3. The van der Waals surface area contributed by atoms with Crippen LogP contribution in [0.5, 0.6) is 5.75 Å². The summed E-state index contributed by atoms with van der Waals surface area (Å²) in [4.78, 5) is 31.7. The molecule has 232 valence electrons. The molecule has 0 radical (unpaired) electrons. The lowest BCUT2D eigenvalue weighted by Crippen LogP contribution is -2.59. The molecule has 5 aromatic carbocycles. The molecule has 2 N–H and O–H groups in total. The third-order valence-electron chi connectivity index (χ3n) is 8.82. The maximum absolute atomic E-state index is 15.2. The van der Waals surface area contributed by atoms with Crippen LogP contribution in [0, 0.1) is 3.57 Å². The van der Waals surface area contributed by atoms with Gasteiger partial charge in [-0.05, 0) is 75.0 Å². The molecule has 6 rings (SSSR count). The first-order chi connectivity index (χ1) is 22.5. The normalized spacial score (nSPS) is 17.3. The Kier molecular flexibility index (Phi) is 9.51. The van der Waals surface area contributed by atoms with E-state index in [2.05, 4.69) is 34.0 Å². The van der Waals surface area contributed by atoms with Crippen LogP contribution in [0.2, 0.25) is 0 Å². The zero-order valence-electron chi connectivity index (χ0n) is 25.5. The van der Waals surface area contributed by atoms with Crippen molar-refractivity contribution in [3.8, 4) is 5.75 Å². The van der Waals surface area contributed by atoms with E-state index in [1.807, 2.05) is 126 Å². The van der Waals surface area contributed by atoms with E-state index >= 15 is 4.79 Å². The lowest BCUT2D eigenvalue weighted by molar-refractivity contribution is -0.130. The van der Waals surface area contributed by atoms with Crippen molar-refractivity contribution >= 4 is 34.4 Å². The second kappa shape index (κ2) is 13.9. The number of amides is 2.